The molecule has 2 rings (SSSR count). The number of aliphatic imine (C=N–C) groups is 1. The number of amidine groups is 1. The van der Waals surface area contributed by atoms with Gasteiger partial charge < -0.3 is 5.32 Å². The van der Waals surface area contributed by atoms with Gasteiger partial charge in [-0.05, 0) is 30.5 Å². The number of benzene rings is 1. The summed E-state index contributed by atoms with van der Waals surface area (Å²) in [4.78, 5) is 4.38. The van der Waals surface area contributed by atoms with Crippen molar-refractivity contribution in [3.05, 3.63) is 29.6 Å². The van der Waals surface area contributed by atoms with Gasteiger partial charge in [0.05, 0.1) is 5.69 Å². The maximum atomic E-state index is 13.5. The predicted octanol–water partition coefficient (Wildman–Crippen LogP) is 3.28. The fourth-order valence-corrected chi connectivity index (χ4v) is 2.38. The molecule has 1 aromatic carbocycles. The zero-order valence-corrected chi connectivity index (χ0v) is 10.3. The molecule has 16 heavy (non-hydrogen) atoms. The third-order valence-electron chi connectivity index (χ3n) is 2.41. The van der Waals surface area contributed by atoms with Gasteiger partial charge in [-0.25, -0.2) is 4.39 Å². The van der Waals surface area contributed by atoms with Crippen LogP contribution in [0.3, 0.4) is 0 Å². The summed E-state index contributed by atoms with van der Waals surface area (Å²) in [6.45, 7) is 4.94. The molecule has 1 atom stereocenters. The zero-order chi connectivity index (χ0) is 11.5. The molecule has 1 unspecified atom stereocenters. The Hall–Kier alpha value is -1.03. The SMILES string of the molecule is Cc1ccc(F)c(NC2=NCC(C)CS2)c1. The number of halogens is 1. The quantitative estimate of drug-likeness (QED) is 0.812. The Labute approximate surface area is 99.3 Å². The van der Waals surface area contributed by atoms with Crippen molar-refractivity contribution in [1.29, 1.82) is 0 Å². The smallest absolute Gasteiger partial charge is 0.161 e. The Kier molecular flexibility index (Phi) is 3.49. The van der Waals surface area contributed by atoms with Gasteiger partial charge in [0.1, 0.15) is 5.82 Å². The number of aryl methyl sites for hydroxylation is 1. The molecule has 0 aromatic heterocycles. The molecule has 1 heterocycles. The molecule has 1 aliphatic heterocycles. The van der Waals surface area contributed by atoms with E-state index in [0.29, 0.717) is 11.6 Å². The van der Waals surface area contributed by atoms with Crippen LogP contribution in [0.4, 0.5) is 10.1 Å². The van der Waals surface area contributed by atoms with Crippen LogP contribution < -0.4 is 5.32 Å². The lowest BCUT2D eigenvalue weighted by Crippen LogP contribution is -2.19. The zero-order valence-electron chi connectivity index (χ0n) is 9.46. The van der Waals surface area contributed by atoms with Crippen LogP contribution in [0, 0.1) is 18.7 Å². The second-order valence-electron chi connectivity index (χ2n) is 4.17. The van der Waals surface area contributed by atoms with Gasteiger partial charge >= 0.3 is 0 Å². The van der Waals surface area contributed by atoms with Gasteiger partial charge in [0.2, 0.25) is 0 Å². The summed E-state index contributed by atoms with van der Waals surface area (Å²) >= 11 is 1.65. The lowest BCUT2D eigenvalue weighted by Gasteiger charge is -2.18. The van der Waals surface area contributed by atoms with Gasteiger partial charge in [-0.1, -0.05) is 24.8 Å². The Bertz CT molecular complexity index is 417. The van der Waals surface area contributed by atoms with Gasteiger partial charge in [0, 0.05) is 12.3 Å². The molecule has 4 heteroatoms. The maximum absolute atomic E-state index is 13.5. The molecule has 0 saturated heterocycles. The van der Waals surface area contributed by atoms with E-state index in [1.807, 2.05) is 6.92 Å². The minimum absolute atomic E-state index is 0.229. The number of nitrogens with zero attached hydrogens (tertiary/aromatic N) is 1. The average molecular weight is 238 g/mol. The van der Waals surface area contributed by atoms with Crippen LogP contribution in [0.2, 0.25) is 0 Å². The number of rotatable bonds is 1. The van der Waals surface area contributed by atoms with Gasteiger partial charge in [0.25, 0.3) is 0 Å². The standard InChI is InChI=1S/C12H15FN2S/c1-8-3-4-10(13)11(5-8)15-12-14-6-9(2)7-16-12/h3-5,9H,6-7H2,1-2H3,(H,14,15). The molecule has 1 aliphatic rings. The summed E-state index contributed by atoms with van der Waals surface area (Å²) in [5.74, 6) is 1.42. The molecular weight excluding hydrogens is 223 g/mol. The fraction of sp³-hybridized carbons (Fsp3) is 0.417. The summed E-state index contributed by atoms with van der Waals surface area (Å²) in [5, 5.41) is 3.87. The predicted molar refractivity (Wildman–Crippen MR) is 68.7 cm³/mol. The van der Waals surface area contributed by atoms with E-state index in [2.05, 4.69) is 17.2 Å². The first-order valence-corrected chi connectivity index (χ1v) is 6.34. The molecule has 1 N–H and O–H groups in total. The number of thioether (sulfide) groups is 1. The molecule has 86 valence electrons. The summed E-state index contributed by atoms with van der Waals surface area (Å²) in [6, 6.07) is 5.04. The minimum Gasteiger partial charge on any atom is -0.333 e. The van der Waals surface area contributed by atoms with Crippen molar-refractivity contribution in [2.75, 3.05) is 17.6 Å². The molecule has 0 amide bonds. The van der Waals surface area contributed by atoms with Crippen molar-refractivity contribution in [1.82, 2.24) is 0 Å². The van der Waals surface area contributed by atoms with E-state index < -0.39 is 0 Å². The molecular formula is C12H15FN2S. The van der Waals surface area contributed by atoms with Crippen molar-refractivity contribution in [2.24, 2.45) is 10.9 Å². The Morgan fingerprint density at radius 3 is 3.00 bits per heavy atom. The molecule has 2 nitrogen and oxygen atoms in total. The van der Waals surface area contributed by atoms with Crippen LogP contribution >= 0.6 is 11.8 Å². The Morgan fingerprint density at radius 2 is 2.31 bits per heavy atom. The largest absolute Gasteiger partial charge is 0.333 e. The van der Waals surface area contributed by atoms with Crippen molar-refractivity contribution in [3.8, 4) is 0 Å². The van der Waals surface area contributed by atoms with E-state index in [9.17, 15) is 4.39 Å². The average Bonchev–Trinajstić information content (AvgIpc) is 2.27. The number of hydrogen-bond acceptors (Lipinski definition) is 3. The first-order chi connectivity index (χ1) is 7.65. The third-order valence-corrected chi connectivity index (χ3v) is 3.65. The Morgan fingerprint density at radius 1 is 1.50 bits per heavy atom. The second kappa shape index (κ2) is 4.87. The summed E-state index contributed by atoms with van der Waals surface area (Å²) in [5.41, 5.74) is 1.56. The highest BCUT2D eigenvalue weighted by molar-refractivity contribution is 8.14. The van der Waals surface area contributed by atoms with Gasteiger partial charge in [-0.2, -0.15) is 0 Å². The van der Waals surface area contributed by atoms with E-state index in [-0.39, 0.29) is 5.82 Å². The van der Waals surface area contributed by atoms with Crippen LogP contribution in [0.25, 0.3) is 0 Å². The molecule has 0 spiro atoms. The number of anilines is 1. The van der Waals surface area contributed by atoms with Crippen LogP contribution in [-0.4, -0.2) is 17.5 Å². The van der Waals surface area contributed by atoms with E-state index in [1.54, 1.807) is 23.9 Å². The van der Waals surface area contributed by atoms with Gasteiger partial charge in [-0.15, -0.1) is 0 Å². The maximum Gasteiger partial charge on any atom is 0.161 e. The fourth-order valence-electron chi connectivity index (χ4n) is 1.48. The van der Waals surface area contributed by atoms with Gasteiger partial charge in [-0.3, -0.25) is 4.99 Å². The Balaban J connectivity index is 2.12. The molecule has 0 aliphatic carbocycles. The highest BCUT2D eigenvalue weighted by Crippen LogP contribution is 2.21. The van der Waals surface area contributed by atoms with Crippen LogP contribution in [0.5, 0.6) is 0 Å². The van der Waals surface area contributed by atoms with Crippen LogP contribution in [-0.2, 0) is 0 Å². The summed E-state index contributed by atoms with van der Waals surface area (Å²) in [6.07, 6.45) is 0. The molecule has 0 fully saturated rings. The van der Waals surface area contributed by atoms with E-state index >= 15 is 0 Å². The van der Waals surface area contributed by atoms with Crippen LogP contribution in [0.1, 0.15) is 12.5 Å². The van der Waals surface area contributed by atoms with Crippen LogP contribution in [0.15, 0.2) is 23.2 Å². The normalized spacial score (nSPS) is 20.4. The van der Waals surface area contributed by atoms with Crippen molar-refractivity contribution < 1.29 is 4.39 Å². The number of nitrogens with one attached hydrogen (secondary N) is 1. The summed E-state index contributed by atoms with van der Waals surface area (Å²) < 4.78 is 13.5. The summed E-state index contributed by atoms with van der Waals surface area (Å²) in [7, 11) is 0. The minimum atomic E-state index is -0.229. The lowest BCUT2D eigenvalue weighted by atomic mass is 10.2. The molecule has 0 radical (unpaired) electrons. The highest BCUT2D eigenvalue weighted by atomic mass is 32.2. The third kappa shape index (κ3) is 2.76. The van der Waals surface area contributed by atoms with Crippen molar-refractivity contribution in [2.45, 2.75) is 13.8 Å². The first-order valence-electron chi connectivity index (χ1n) is 5.35. The topological polar surface area (TPSA) is 24.4 Å². The van der Waals surface area contributed by atoms with E-state index in [0.717, 1.165) is 23.0 Å². The molecule has 0 bridgehead atoms. The monoisotopic (exact) mass is 238 g/mol. The lowest BCUT2D eigenvalue weighted by molar-refractivity contribution is 0.631. The van der Waals surface area contributed by atoms with E-state index in [4.69, 9.17) is 0 Å². The highest BCUT2D eigenvalue weighted by Gasteiger charge is 2.13. The molecule has 1 aromatic rings. The van der Waals surface area contributed by atoms with Crippen molar-refractivity contribution >= 4 is 22.6 Å². The van der Waals surface area contributed by atoms with Gasteiger partial charge in [0.15, 0.2) is 5.17 Å². The van der Waals surface area contributed by atoms with Crippen molar-refractivity contribution in [3.63, 3.8) is 0 Å². The second-order valence-corrected chi connectivity index (χ2v) is 5.18. The number of hydrogen-bond donors (Lipinski definition) is 1. The first kappa shape index (κ1) is 11.5. The van der Waals surface area contributed by atoms with E-state index in [1.165, 1.54) is 6.07 Å². The molecule has 0 saturated carbocycles.